The molecule has 1 heterocycles. The second-order valence-electron chi connectivity index (χ2n) is 11.7. The molecule has 0 radical (unpaired) electrons. The van der Waals surface area contributed by atoms with Crippen molar-refractivity contribution >= 4 is 35.2 Å². The molecule has 8 heteroatoms. The van der Waals surface area contributed by atoms with Crippen LogP contribution < -0.4 is 5.32 Å². The van der Waals surface area contributed by atoms with E-state index in [0.29, 0.717) is 11.3 Å². The summed E-state index contributed by atoms with van der Waals surface area (Å²) in [5.74, 6) is -3.94. The minimum absolute atomic E-state index is 0.0227. The molecule has 1 saturated heterocycles. The Morgan fingerprint density at radius 2 is 1.26 bits per heavy atom. The van der Waals surface area contributed by atoms with Gasteiger partial charge in [-0.05, 0) is 65.8 Å². The van der Waals surface area contributed by atoms with Crippen molar-refractivity contribution in [2.45, 2.75) is 45.1 Å². The molecule has 1 fully saturated rings. The molecule has 214 valence electrons. The second kappa shape index (κ2) is 10.7. The van der Waals surface area contributed by atoms with Crippen molar-refractivity contribution in [1.29, 1.82) is 0 Å². The number of nitrogens with zero attached hydrogens (tertiary/aromatic N) is 1. The van der Waals surface area contributed by atoms with Gasteiger partial charge in [0.05, 0.1) is 11.8 Å². The van der Waals surface area contributed by atoms with E-state index >= 15 is 0 Å². The molecule has 8 nitrogen and oxygen atoms in total. The number of carbonyl (C=O) groups excluding carboxylic acids is 5. The Morgan fingerprint density at radius 3 is 1.69 bits per heavy atom. The molecule has 2 bridgehead atoms. The zero-order valence-electron chi connectivity index (χ0n) is 23.7. The maximum Gasteiger partial charge on any atom is 0.329 e. The van der Waals surface area contributed by atoms with E-state index in [1.165, 1.54) is 6.92 Å². The molecule has 0 spiro atoms. The predicted octanol–water partition coefficient (Wildman–Crippen LogP) is 4.68. The quantitative estimate of drug-likeness (QED) is 0.242. The van der Waals surface area contributed by atoms with Crippen LogP contribution in [-0.4, -0.2) is 47.0 Å². The van der Waals surface area contributed by atoms with Crippen molar-refractivity contribution in [3.63, 3.8) is 0 Å². The minimum Gasteiger partial charge on any atom is -0.454 e. The zero-order chi connectivity index (χ0) is 29.7. The molecule has 0 saturated carbocycles. The number of likely N-dealkylation sites (tertiary alicyclic amines) is 1. The fourth-order valence-corrected chi connectivity index (χ4v) is 6.98. The van der Waals surface area contributed by atoms with Gasteiger partial charge in [-0.1, -0.05) is 62.4 Å². The van der Waals surface area contributed by atoms with Crippen molar-refractivity contribution in [2.24, 2.45) is 17.8 Å². The van der Waals surface area contributed by atoms with Gasteiger partial charge in [-0.25, -0.2) is 4.79 Å². The van der Waals surface area contributed by atoms with E-state index in [2.05, 4.69) is 5.32 Å². The summed E-state index contributed by atoms with van der Waals surface area (Å²) in [6, 6.07) is 21.2. The van der Waals surface area contributed by atoms with Gasteiger partial charge in [-0.3, -0.25) is 24.1 Å². The number of rotatable bonds is 8. The smallest absolute Gasteiger partial charge is 0.329 e. The molecule has 42 heavy (non-hydrogen) atoms. The normalized spacial score (nSPS) is 22.3. The van der Waals surface area contributed by atoms with Crippen LogP contribution >= 0.6 is 0 Å². The Kier molecular flexibility index (Phi) is 7.01. The van der Waals surface area contributed by atoms with Gasteiger partial charge < -0.3 is 10.1 Å². The Bertz CT molecular complexity index is 1490. The lowest BCUT2D eigenvalue weighted by molar-refractivity contribution is -0.160. The topological polar surface area (TPSA) is 110 Å². The van der Waals surface area contributed by atoms with Crippen LogP contribution in [0.4, 0.5) is 5.69 Å². The highest BCUT2D eigenvalue weighted by molar-refractivity contribution is 6.10. The monoisotopic (exact) mass is 564 g/mol. The first kappa shape index (κ1) is 27.6. The summed E-state index contributed by atoms with van der Waals surface area (Å²) in [5.41, 5.74) is 5.19. The summed E-state index contributed by atoms with van der Waals surface area (Å²) in [6.07, 6.45) is 0.221. The van der Waals surface area contributed by atoms with Gasteiger partial charge in [-0.15, -0.1) is 0 Å². The van der Waals surface area contributed by atoms with Crippen LogP contribution in [0.3, 0.4) is 0 Å². The van der Waals surface area contributed by atoms with Crippen LogP contribution in [0.1, 0.15) is 71.6 Å². The van der Waals surface area contributed by atoms with Crippen LogP contribution in [0.25, 0.3) is 0 Å². The number of ether oxygens (including phenoxy) is 1. The Hall–Kier alpha value is -4.59. The molecule has 3 atom stereocenters. The van der Waals surface area contributed by atoms with E-state index in [1.54, 1.807) is 24.3 Å². The van der Waals surface area contributed by atoms with Gasteiger partial charge in [0.2, 0.25) is 11.8 Å². The highest BCUT2D eigenvalue weighted by atomic mass is 16.5. The molecule has 0 aromatic heterocycles. The Morgan fingerprint density at radius 1 is 0.786 bits per heavy atom. The molecule has 4 aliphatic rings. The molecule has 3 aliphatic carbocycles. The predicted molar refractivity (Wildman–Crippen MR) is 155 cm³/mol. The lowest BCUT2D eigenvalue weighted by Gasteiger charge is -2.45. The first-order valence-electron chi connectivity index (χ1n) is 14.3. The third kappa shape index (κ3) is 4.51. The summed E-state index contributed by atoms with van der Waals surface area (Å²) in [5, 5.41) is 2.64. The number of hydrogen-bond acceptors (Lipinski definition) is 6. The number of anilines is 1. The van der Waals surface area contributed by atoms with E-state index in [0.717, 1.165) is 27.2 Å². The largest absolute Gasteiger partial charge is 0.454 e. The molecule has 1 N–H and O–H groups in total. The van der Waals surface area contributed by atoms with Crippen molar-refractivity contribution in [1.82, 2.24) is 4.90 Å². The number of Topliss-reactive ketones (excluding diaryl/α,β-unsaturated/α-hetero) is 1. The molecular formula is C34H32N2O6. The second-order valence-corrected chi connectivity index (χ2v) is 11.7. The first-order chi connectivity index (χ1) is 20.2. The van der Waals surface area contributed by atoms with Gasteiger partial charge in [-0.2, -0.15) is 0 Å². The molecule has 0 unspecified atom stereocenters. The number of ketones is 1. The summed E-state index contributed by atoms with van der Waals surface area (Å²) >= 11 is 0. The van der Waals surface area contributed by atoms with Gasteiger partial charge >= 0.3 is 5.97 Å². The standard InChI is InChI=1S/C34H32N2O6/c1-18(2)16-26(34(41)42-17-27(38)35-21-14-12-20(13-15-21)19(3)37)36-32(39)30-28-22-8-4-5-9-23(22)29(31(30)33(36)40)25-11-7-6-10-24(25)28/h4-15,18,26,28-31H,16-17H2,1-3H3,(H,35,38)/t26-,28?,29?,30-,31-/m0/s1. The number of benzene rings is 3. The van der Waals surface area contributed by atoms with E-state index < -0.39 is 36.4 Å². The van der Waals surface area contributed by atoms with Crippen LogP contribution in [-0.2, 0) is 23.9 Å². The molecule has 3 aromatic carbocycles. The zero-order valence-corrected chi connectivity index (χ0v) is 23.7. The highest BCUT2D eigenvalue weighted by Crippen LogP contribution is 2.61. The average Bonchev–Trinajstić information content (AvgIpc) is 3.24. The third-order valence-corrected chi connectivity index (χ3v) is 8.68. The van der Waals surface area contributed by atoms with E-state index in [4.69, 9.17) is 4.74 Å². The fourth-order valence-electron chi connectivity index (χ4n) is 6.98. The number of esters is 1. The van der Waals surface area contributed by atoms with Gasteiger partial charge in [0.15, 0.2) is 12.4 Å². The molecule has 1 aliphatic heterocycles. The van der Waals surface area contributed by atoms with E-state index in [1.807, 2.05) is 62.4 Å². The number of imide groups is 1. The van der Waals surface area contributed by atoms with E-state index in [-0.39, 0.29) is 41.8 Å². The van der Waals surface area contributed by atoms with Crippen LogP contribution in [0.15, 0.2) is 72.8 Å². The highest BCUT2D eigenvalue weighted by Gasteiger charge is 2.63. The molecule has 7 rings (SSSR count). The number of hydrogen-bond donors (Lipinski definition) is 1. The lowest BCUT2D eigenvalue weighted by atomic mass is 9.55. The summed E-state index contributed by atoms with van der Waals surface area (Å²) in [6.45, 7) is 4.69. The van der Waals surface area contributed by atoms with Crippen LogP contribution in [0.2, 0.25) is 0 Å². The van der Waals surface area contributed by atoms with E-state index in [9.17, 15) is 24.0 Å². The Labute approximate surface area is 244 Å². The van der Waals surface area contributed by atoms with Crippen molar-refractivity contribution in [2.75, 3.05) is 11.9 Å². The first-order valence-corrected chi connectivity index (χ1v) is 14.3. The maximum absolute atomic E-state index is 14.1. The van der Waals surface area contributed by atoms with Crippen molar-refractivity contribution < 1.29 is 28.7 Å². The van der Waals surface area contributed by atoms with Crippen LogP contribution in [0, 0.1) is 17.8 Å². The van der Waals surface area contributed by atoms with Crippen LogP contribution in [0.5, 0.6) is 0 Å². The van der Waals surface area contributed by atoms with Gasteiger partial charge in [0, 0.05) is 23.1 Å². The molecule has 3 aromatic rings. The van der Waals surface area contributed by atoms with Gasteiger partial charge in [0.1, 0.15) is 6.04 Å². The number of nitrogens with one attached hydrogen (secondary N) is 1. The number of carbonyl (C=O) groups is 5. The lowest BCUT2D eigenvalue weighted by Crippen LogP contribution is -2.47. The molecular weight excluding hydrogens is 532 g/mol. The average molecular weight is 565 g/mol. The SMILES string of the molecule is CC(=O)c1ccc(NC(=O)COC(=O)[C@H](CC(C)C)N2C(=O)[C@H]3C4c5ccccc5C(c5ccccc54)[C@@H]3C2=O)cc1. The summed E-state index contributed by atoms with van der Waals surface area (Å²) in [7, 11) is 0. The van der Waals surface area contributed by atoms with Gasteiger partial charge in [0.25, 0.3) is 5.91 Å². The van der Waals surface area contributed by atoms with Crippen molar-refractivity contribution in [3.8, 4) is 0 Å². The summed E-state index contributed by atoms with van der Waals surface area (Å²) in [4.78, 5) is 66.9. The number of amides is 3. The minimum atomic E-state index is -1.14. The summed E-state index contributed by atoms with van der Waals surface area (Å²) < 4.78 is 5.41. The third-order valence-electron chi connectivity index (χ3n) is 8.68. The molecule has 3 amide bonds. The van der Waals surface area contributed by atoms with Crippen molar-refractivity contribution in [3.05, 3.63) is 101 Å². The Balaban J connectivity index is 1.24. The maximum atomic E-state index is 14.1. The fraction of sp³-hybridized carbons (Fsp3) is 0.324.